The summed E-state index contributed by atoms with van der Waals surface area (Å²) in [5.41, 5.74) is 0.0139. The summed E-state index contributed by atoms with van der Waals surface area (Å²) in [7, 11) is 0. The number of ketones is 1. The Morgan fingerprint density at radius 3 is 1.90 bits per heavy atom. The minimum absolute atomic E-state index is 0.0139. The molecular weight excluding hydrogens is 124 g/mol. The van der Waals surface area contributed by atoms with Gasteiger partial charge in [-0.05, 0) is 12.8 Å². The molecule has 10 heavy (non-hydrogen) atoms. The average molecular weight is 142 g/mol. The lowest BCUT2D eigenvalue weighted by Crippen LogP contribution is -2.15. The van der Waals surface area contributed by atoms with Crippen LogP contribution < -0.4 is 0 Å². The molecule has 1 nitrogen and oxygen atoms in total. The van der Waals surface area contributed by atoms with E-state index in [1.807, 2.05) is 27.7 Å². The maximum atomic E-state index is 10.9. The molecule has 0 unspecified atom stereocenters. The molecule has 0 aromatic rings. The number of rotatable bonds is 0. The highest BCUT2D eigenvalue weighted by molar-refractivity contribution is 5.85. The van der Waals surface area contributed by atoms with Crippen LogP contribution in [-0.2, 0) is 4.79 Å². The van der Waals surface area contributed by atoms with E-state index >= 15 is 0 Å². The zero-order valence-electron chi connectivity index (χ0n) is 7.53. The average Bonchev–Trinajstić information content (AvgIpc) is 2.17. The summed E-state index contributed by atoms with van der Waals surface area (Å²) in [6.07, 6.45) is 3.00. The molecule has 0 N–H and O–H groups in total. The van der Waals surface area contributed by atoms with Crippen molar-refractivity contribution in [2.24, 2.45) is 5.41 Å². The van der Waals surface area contributed by atoms with Gasteiger partial charge in [-0.25, -0.2) is 0 Å². The molecule has 0 atom stereocenters. The summed E-state index contributed by atoms with van der Waals surface area (Å²) in [5.74, 6) is 0.442. The Hall–Kier alpha value is -0.330. The van der Waals surface area contributed by atoms with Crippen molar-refractivity contribution in [3.05, 3.63) is 0 Å². The molecule has 0 aromatic heterocycles. The van der Waals surface area contributed by atoms with Crippen LogP contribution in [0.5, 0.6) is 0 Å². The topological polar surface area (TPSA) is 17.1 Å². The molecular formula is C9H18O. The van der Waals surface area contributed by atoms with E-state index in [-0.39, 0.29) is 5.41 Å². The van der Waals surface area contributed by atoms with Crippen LogP contribution in [-0.4, -0.2) is 5.78 Å². The summed E-state index contributed by atoms with van der Waals surface area (Å²) in [6, 6.07) is 0. The van der Waals surface area contributed by atoms with Gasteiger partial charge in [0.25, 0.3) is 0 Å². The van der Waals surface area contributed by atoms with Crippen molar-refractivity contribution in [1.29, 1.82) is 0 Å². The lowest BCUT2D eigenvalue weighted by Gasteiger charge is -2.12. The smallest absolute Gasteiger partial charge is 0.138 e. The fourth-order valence-corrected chi connectivity index (χ4v) is 1.17. The standard InChI is InChI=1S/C7H12O.C2H6/c1-7(2)5-3-4-6(7)8;1-2/h3-5H2,1-2H3;1-2H3. The number of Topliss-reactive ketones (excluding diaryl/α,β-unsaturated/α-hetero) is 1. The molecule has 1 rings (SSSR count). The number of hydrogen-bond acceptors (Lipinski definition) is 1. The minimum Gasteiger partial charge on any atom is -0.299 e. The van der Waals surface area contributed by atoms with Gasteiger partial charge in [-0.15, -0.1) is 0 Å². The van der Waals surface area contributed by atoms with Crippen LogP contribution >= 0.6 is 0 Å². The van der Waals surface area contributed by atoms with Gasteiger partial charge < -0.3 is 0 Å². The monoisotopic (exact) mass is 142 g/mol. The lowest BCUT2D eigenvalue weighted by atomic mass is 9.91. The molecule has 1 saturated carbocycles. The first-order valence-corrected chi connectivity index (χ1v) is 4.16. The highest BCUT2D eigenvalue weighted by atomic mass is 16.1. The van der Waals surface area contributed by atoms with Crippen molar-refractivity contribution in [2.45, 2.75) is 47.0 Å². The van der Waals surface area contributed by atoms with Crippen LogP contribution in [0.1, 0.15) is 47.0 Å². The summed E-state index contributed by atoms with van der Waals surface area (Å²) >= 11 is 0. The fraction of sp³-hybridized carbons (Fsp3) is 0.889. The summed E-state index contributed by atoms with van der Waals surface area (Å²) < 4.78 is 0. The lowest BCUT2D eigenvalue weighted by molar-refractivity contribution is -0.124. The molecule has 0 radical (unpaired) electrons. The van der Waals surface area contributed by atoms with Gasteiger partial charge in [0.05, 0.1) is 0 Å². The zero-order valence-corrected chi connectivity index (χ0v) is 7.53. The Kier molecular flexibility index (Phi) is 3.62. The van der Waals surface area contributed by atoms with E-state index in [2.05, 4.69) is 0 Å². The van der Waals surface area contributed by atoms with Gasteiger partial charge in [0, 0.05) is 11.8 Å². The normalized spacial score (nSPS) is 21.8. The second-order valence-corrected chi connectivity index (χ2v) is 3.16. The Morgan fingerprint density at radius 2 is 1.80 bits per heavy atom. The SMILES string of the molecule is CC.CC1(C)CCCC1=O. The molecule has 0 saturated heterocycles. The molecule has 60 valence electrons. The van der Waals surface area contributed by atoms with E-state index in [4.69, 9.17) is 0 Å². The first-order chi connectivity index (χ1) is 4.63. The largest absolute Gasteiger partial charge is 0.299 e. The Balaban J connectivity index is 0.000000371. The van der Waals surface area contributed by atoms with E-state index in [1.165, 1.54) is 0 Å². The predicted molar refractivity (Wildman–Crippen MR) is 44.0 cm³/mol. The Morgan fingerprint density at radius 1 is 1.30 bits per heavy atom. The molecule has 1 heteroatoms. The van der Waals surface area contributed by atoms with Gasteiger partial charge >= 0.3 is 0 Å². The maximum Gasteiger partial charge on any atom is 0.138 e. The third-order valence-corrected chi connectivity index (χ3v) is 1.96. The van der Waals surface area contributed by atoms with E-state index in [0.29, 0.717) is 5.78 Å². The molecule has 0 amide bonds. The first kappa shape index (κ1) is 9.67. The Bertz CT molecular complexity index is 114. The molecule has 0 aromatic carbocycles. The van der Waals surface area contributed by atoms with Gasteiger partial charge in [-0.2, -0.15) is 0 Å². The van der Waals surface area contributed by atoms with Crippen molar-refractivity contribution < 1.29 is 4.79 Å². The van der Waals surface area contributed by atoms with Crippen molar-refractivity contribution >= 4 is 5.78 Å². The van der Waals surface area contributed by atoms with Crippen LogP contribution in [0, 0.1) is 5.41 Å². The molecule has 1 aliphatic rings. The molecule has 0 bridgehead atoms. The van der Waals surface area contributed by atoms with E-state index in [9.17, 15) is 4.79 Å². The highest BCUT2D eigenvalue weighted by Gasteiger charge is 2.31. The summed E-state index contributed by atoms with van der Waals surface area (Å²) in [6.45, 7) is 8.06. The summed E-state index contributed by atoms with van der Waals surface area (Å²) in [4.78, 5) is 10.9. The summed E-state index contributed by atoms with van der Waals surface area (Å²) in [5, 5.41) is 0. The first-order valence-electron chi connectivity index (χ1n) is 4.16. The van der Waals surface area contributed by atoms with Crippen LogP contribution in [0.2, 0.25) is 0 Å². The van der Waals surface area contributed by atoms with Crippen molar-refractivity contribution in [3.8, 4) is 0 Å². The predicted octanol–water partition coefficient (Wildman–Crippen LogP) is 2.79. The molecule has 1 aliphatic carbocycles. The van der Waals surface area contributed by atoms with E-state index in [1.54, 1.807) is 0 Å². The van der Waals surface area contributed by atoms with Gasteiger partial charge in [-0.3, -0.25) is 4.79 Å². The molecule has 0 spiro atoms. The van der Waals surface area contributed by atoms with Gasteiger partial charge in [0.2, 0.25) is 0 Å². The number of carbonyl (C=O) groups excluding carboxylic acids is 1. The number of carbonyl (C=O) groups is 1. The van der Waals surface area contributed by atoms with Gasteiger partial charge in [0.15, 0.2) is 0 Å². The minimum atomic E-state index is 0.0139. The van der Waals surface area contributed by atoms with Crippen molar-refractivity contribution in [3.63, 3.8) is 0 Å². The second-order valence-electron chi connectivity index (χ2n) is 3.16. The Labute approximate surface area is 63.8 Å². The van der Waals surface area contributed by atoms with Gasteiger partial charge in [0.1, 0.15) is 5.78 Å². The molecule has 0 aliphatic heterocycles. The van der Waals surface area contributed by atoms with Crippen LogP contribution in [0.15, 0.2) is 0 Å². The maximum absolute atomic E-state index is 10.9. The van der Waals surface area contributed by atoms with Crippen LogP contribution in [0.25, 0.3) is 0 Å². The van der Waals surface area contributed by atoms with Gasteiger partial charge in [-0.1, -0.05) is 27.7 Å². The highest BCUT2D eigenvalue weighted by Crippen LogP contribution is 2.32. The molecule has 1 fully saturated rings. The van der Waals surface area contributed by atoms with Crippen molar-refractivity contribution in [1.82, 2.24) is 0 Å². The number of hydrogen-bond donors (Lipinski definition) is 0. The quantitative estimate of drug-likeness (QED) is 0.508. The van der Waals surface area contributed by atoms with Crippen molar-refractivity contribution in [2.75, 3.05) is 0 Å². The third-order valence-electron chi connectivity index (χ3n) is 1.96. The fourth-order valence-electron chi connectivity index (χ4n) is 1.17. The molecule has 0 heterocycles. The van der Waals surface area contributed by atoms with E-state index < -0.39 is 0 Å². The third kappa shape index (κ3) is 2.13. The zero-order chi connectivity index (χ0) is 8.20. The van der Waals surface area contributed by atoms with Crippen LogP contribution in [0.4, 0.5) is 0 Å². The van der Waals surface area contributed by atoms with Crippen LogP contribution in [0.3, 0.4) is 0 Å². The second kappa shape index (κ2) is 3.75. The van der Waals surface area contributed by atoms with E-state index in [0.717, 1.165) is 19.3 Å².